The number of hydrogen-bond donors (Lipinski definition) is 3. The highest BCUT2D eigenvalue weighted by molar-refractivity contribution is 6.11. The molecule has 2 aliphatic rings. The van der Waals surface area contributed by atoms with E-state index in [9.17, 15) is 24.0 Å². The zero-order valence-electron chi connectivity index (χ0n) is 24.2. The van der Waals surface area contributed by atoms with Gasteiger partial charge in [0.25, 0.3) is 11.8 Å². The maximum atomic E-state index is 13.7. The SMILES string of the molecule is Cc1ccc(C(=O)NC2=NCC=C2)cc1Nc1ncnn2cc(C(=O)N(C(=O)OCOC(=O)C(C)NC=O)C3CC3)c(C)c12. The highest BCUT2D eigenvalue weighted by Crippen LogP contribution is 2.32. The smallest absolute Gasteiger partial charge is 0.419 e. The molecule has 1 fully saturated rings. The van der Waals surface area contributed by atoms with Gasteiger partial charge in [0.15, 0.2) is 5.82 Å². The first kappa shape index (κ1) is 29.9. The molecule has 0 bridgehead atoms. The molecule has 0 saturated heterocycles. The van der Waals surface area contributed by atoms with E-state index in [1.807, 2.05) is 13.0 Å². The Morgan fingerprint density at radius 1 is 1.18 bits per heavy atom. The summed E-state index contributed by atoms with van der Waals surface area (Å²) >= 11 is 0. The molecule has 1 saturated carbocycles. The molecule has 0 radical (unpaired) electrons. The van der Waals surface area contributed by atoms with Crippen LogP contribution in [0.15, 0.2) is 47.9 Å². The zero-order chi connectivity index (χ0) is 31.4. The molecule has 3 heterocycles. The van der Waals surface area contributed by atoms with Crippen LogP contribution in [0.5, 0.6) is 0 Å². The Morgan fingerprint density at radius 2 is 1.98 bits per heavy atom. The van der Waals surface area contributed by atoms with Gasteiger partial charge in [-0.1, -0.05) is 12.1 Å². The number of amidine groups is 1. The Kier molecular flexibility index (Phi) is 8.64. The quantitative estimate of drug-likeness (QED) is 0.176. The van der Waals surface area contributed by atoms with Crippen molar-refractivity contribution in [3.63, 3.8) is 0 Å². The molecule has 1 aliphatic carbocycles. The summed E-state index contributed by atoms with van der Waals surface area (Å²) in [5.41, 5.74) is 3.07. The first-order valence-electron chi connectivity index (χ1n) is 13.8. The van der Waals surface area contributed by atoms with Gasteiger partial charge in [-0.2, -0.15) is 5.10 Å². The topological polar surface area (TPSA) is 186 Å². The van der Waals surface area contributed by atoms with Crippen LogP contribution < -0.4 is 16.0 Å². The second-order valence-electron chi connectivity index (χ2n) is 10.2. The number of aliphatic imine (C=N–C) groups is 1. The fourth-order valence-corrected chi connectivity index (χ4v) is 4.49. The van der Waals surface area contributed by atoms with E-state index in [2.05, 4.69) is 31.0 Å². The highest BCUT2D eigenvalue weighted by Gasteiger charge is 2.40. The first-order valence-corrected chi connectivity index (χ1v) is 13.8. The number of aromatic nitrogens is 3. The van der Waals surface area contributed by atoms with Gasteiger partial charge in [-0.3, -0.25) is 19.4 Å². The summed E-state index contributed by atoms with van der Waals surface area (Å²) in [6.45, 7) is 4.80. The lowest BCUT2D eigenvalue weighted by Gasteiger charge is -2.20. The Labute approximate surface area is 251 Å². The van der Waals surface area contributed by atoms with Gasteiger partial charge in [0.2, 0.25) is 13.2 Å². The second kappa shape index (κ2) is 12.7. The van der Waals surface area contributed by atoms with Crippen LogP contribution >= 0.6 is 0 Å². The lowest BCUT2D eigenvalue weighted by molar-refractivity contribution is -0.154. The lowest BCUT2D eigenvalue weighted by Crippen LogP contribution is -2.40. The van der Waals surface area contributed by atoms with Crippen LogP contribution in [0.4, 0.5) is 16.3 Å². The summed E-state index contributed by atoms with van der Waals surface area (Å²) in [5.74, 6) is -0.843. The van der Waals surface area contributed by atoms with Gasteiger partial charge < -0.3 is 25.4 Å². The normalized spacial score (nSPS) is 14.4. The molecule has 3 N–H and O–H groups in total. The molecule has 15 heteroatoms. The van der Waals surface area contributed by atoms with E-state index in [0.717, 1.165) is 10.5 Å². The van der Waals surface area contributed by atoms with E-state index in [1.165, 1.54) is 24.0 Å². The number of carbonyl (C=O) groups excluding carboxylic acids is 5. The average molecular weight is 603 g/mol. The minimum atomic E-state index is -0.967. The maximum absolute atomic E-state index is 13.7. The van der Waals surface area contributed by atoms with E-state index in [-0.39, 0.29) is 17.5 Å². The van der Waals surface area contributed by atoms with E-state index >= 15 is 0 Å². The Balaban J connectivity index is 1.35. The van der Waals surface area contributed by atoms with E-state index in [4.69, 9.17) is 9.47 Å². The molecule has 0 spiro atoms. The van der Waals surface area contributed by atoms with Crippen molar-refractivity contribution in [2.75, 3.05) is 18.7 Å². The molecule has 44 heavy (non-hydrogen) atoms. The minimum Gasteiger partial charge on any atom is -0.426 e. The molecule has 5 rings (SSSR count). The number of carbonyl (C=O) groups is 5. The molecule has 228 valence electrons. The van der Waals surface area contributed by atoms with Gasteiger partial charge in [0, 0.05) is 23.5 Å². The van der Waals surface area contributed by atoms with Gasteiger partial charge in [0.05, 0.1) is 12.1 Å². The monoisotopic (exact) mass is 602 g/mol. The number of rotatable bonds is 10. The number of aryl methyl sites for hydroxylation is 2. The van der Waals surface area contributed by atoms with Crippen molar-refractivity contribution in [3.05, 3.63) is 65.1 Å². The zero-order valence-corrected chi connectivity index (χ0v) is 24.2. The molecule has 2 aromatic heterocycles. The molecular weight excluding hydrogens is 572 g/mol. The van der Waals surface area contributed by atoms with Crippen molar-refractivity contribution < 1.29 is 33.4 Å². The average Bonchev–Trinajstić information content (AvgIpc) is 3.57. The van der Waals surface area contributed by atoms with Crippen molar-refractivity contribution in [3.8, 4) is 0 Å². The van der Waals surface area contributed by atoms with Gasteiger partial charge in [-0.05, 0) is 62.9 Å². The molecule has 1 unspecified atom stereocenters. The van der Waals surface area contributed by atoms with Crippen LogP contribution in [-0.4, -0.2) is 81.0 Å². The Hall–Kier alpha value is -5.60. The van der Waals surface area contributed by atoms with Crippen LogP contribution in [0.25, 0.3) is 5.52 Å². The number of fused-ring (bicyclic) bond motifs is 1. The third-order valence-corrected chi connectivity index (χ3v) is 7.08. The van der Waals surface area contributed by atoms with Crippen molar-refractivity contribution >= 4 is 53.1 Å². The van der Waals surface area contributed by atoms with Crippen LogP contribution in [0, 0.1) is 13.8 Å². The summed E-state index contributed by atoms with van der Waals surface area (Å²) in [7, 11) is 0. The standard InChI is InChI=1S/C29H30N8O7/c1-16-6-7-19(26(39)35-23-5-4-10-30-23)11-22(16)34-25-24-17(2)21(12-36(24)33-13-31-25)27(40)37(20-8-9-20)29(42)44-15-43-28(41)18(3)32-14-38/h4-7,11-14,18,20H,8-10,15H2,1-3H3,(H,32,38)(H,30,35,39)(H,31,33,34). The minimum absolute atomic E-state index is 0.202. The largest absolute Gasteiger partial charge is 0.426 e. The first-order chi connectivity index (χ1) is 21.2. The molecule has 15 nitrogen and oxygen atoms in total. The highest BCUT2D eigenvalue weighted by atomic mass is 16.7. The predicted molar refractivity (Wildman–Crippen MR) is 156 cm³/mol. The molecule has 1 aliphatic heterocycles. The summed E-state index contributed by atoms with van der Waals surface area (Å²) in [5, 5.41) is 12.5. The fourth-order valence-electron chi connectivity index (χ4n) is 4.49. The van der Waals surface area contributed by atoms with Gasteiger partial charge >= 0.3 is 12.1 Å². The predicted octanol–water partition coefficient (Wildman–Crippen LogP) is 2.16. The molecule has 4 amide bonds. The van der Waals surface area contributed by atoms with Gasteiger partial charge in [-0.15, -0.1) is 0 Å². The number of nitrogens with one attached hydrogen (secondary N) is 3. The van der Waals surface area contributed by atoms with Gasteiger partial charge in [0.1, 0.15) is 23.7 Å². The number of nitrogens with zero attached hydrogens (tertiary/aromatic N) is 5. The van der Waals surface area contributed by atoms with Gasteiger partial charge in [-0.25, -0.2) is 24.0 Å². The van der Waals surface area contributed by atoms with Crippen molar-refractivity contribution in [2.24, 2.45) is 4.99 Å². The van der Waals surface area contributed by atoms with E-state index < -0.39 is 30.8 Å². The van der Waals surface area contributed by atoms with Crippen LogP contribution in [0.1, 0.15) is 51.6 Å². The Bertz CT molecular complexity index is 1710. The maximum Gasteiger partial charge on any atom is 0.419 e. The van der Waals surface area contributed by atoms with Crippen molar-refractivity contribution in [1.82, 2.24) is 30.1 Å². The summed E-state index contributed by atoms with van der Waals surface area (Å²) in [6.07, 6.45) is 7.00. The lowest BCUT2D eigenvalue weighted by atomic mass is 10.1. The number of amides is 4. The van der Waals surface area contributed by atoms with Crippen LogP contribution in [-0.2, 0) is 19.1 Å². The Morgan fingerprint density at radius 3 is 2.68 bits per heavy atom. The van der Waals surface area contributed by atoms with Crippen molar-refractivity contribution in [2.45, 2.75) is 45.7 Å². The number of esters is 1. The van der Waals surface area contributed by atoms with Crippen LogP contribution in [0.3, 0.4) is 0 Å². The van der Waals surface area contributed by atoms with Crippen LogP contribution in [0.2, 0.25) is 0 Å². The molecule has 1 atom stereocenters. The van der Waals surface area contributed by atoms with E-state index in [1.54, 1.807) is 31.2 Å². The molecule has 3 aromatic rings. The second-order valence-corrected chi connectivity index (χ2v) is 10.2. The number of hydrogen-bond acceptors (Lipinski definition) is 11. The molecular formula is C29H30N8O7. The third kappa shape index (κ3) is 6.40. The van der Waals surface area contributed by atoms with Crippen molar-refractivity contribution in [1.29, 1.82) is 0 Å². The van der Waals surface area contributed by atoms with E-state index in [0.29, 0.717) is 59.8 Å². The number of imide groups is 1. The number of benzene rings is 1. The number of anilines is 2. The number of ether oxygens (including phenoxy) is 2. The fraction of sp³-hybridized carbons (Fsp3) is 0.310. The summed E-state index contributed by atoms with van der Waals surface area (Å²) < 4.78 is 11.4. The summed E-state index contributed by atoms with van der Waals surface area (Å²) in [6, 6.07) is 3.91. The molecule has 1 aromatic carbocycles. The summed E-state index contributed by atoms with van der Waals surface area (Å²) in [4.78, 5) is 71.3. The third-order valence-electron chi connectivity index (χ3n) is 7.08.